The average Bonchev–Trinajstić information content (AvgIpc) is 2.11. The number of halogens is 1. The highest BCUT2D eigenvalue weighted by molar-refractivity contribution is 9.10. The number of carbonyl (C=O) groups excluding carboxylic acids is 1. The molecule has 0 aliphatic heterocycles. The van der Waals surface area contributed by atoms with Gasteiger partial charge in [-0.3, -0.25) is 4.79 Å². The summed E-state index contributed by atoms with van der Waals surface area (Å²) in [6.07, 6.45) is 0.479. The summed E-state index contributed by atoms with van der Waals surface area (Å²) < 4.78 is 0.853. The summed E-state index contributed by atoms with van der Waals surface area (Å²) in [5.74, 6) is 0.00135. The summed E-state index contributed by atoms with van der Waals surface area (Å²) in [5.41, 5.74) is 8.19. The lowest BCUT2D eigenvalue weighted by molar-refractivity contribution is -0.117. The normalized spacial score (nSPS) is 11.4. The molecule has 0 atom stereocenters. The Balaban J connectivity index is 2.82. The molecule has 0 unspecified atom stereocenters. The van der Waals surface area contributed by atoms with E-state index in [4.69, 9.17) is 5.73 Å². The molecule has 1 aromatic carbocycles. The highest BCUT2D eigenvalue weighted by atomic mass is 79.9. The number of rotatable bonds is 2. The van der Waals surface area contributed by atoms with Crippen LogP contribution in [0.2, 0.25) is 0 Å². The minimum atomic E-state index is -0.0210. The van der Waals surface area contributed by atoms with Crippen LogP contribution in [-0.4, -0.2) is 5.91 Å². The monoisotopic (exact) mass is 298 g/mol. The van der Waals surface area contributed by atoms with Gasteiger partial charge in [-0.1, -0.05) is 20.8 Å². The van der Waals surface area contributed by atoms with Crippen molar-refractivity contribution in [2.45, 2.75) is 34.1 Å². The Morgan fingerprint density at radius 2 is 2.00 bits per heavy atom. The Hall–Kier alpha value is -1.03. The standard InChI is InChI=1S/C13H19BrN2O/c1-8-5-9(14)11(6-10(8)15)16-12(17)7-13(2,3)4/h5-6H,7,15H2,1-4H3,(H,16,17). The molecule has 0 saturated heterocycles. The maximum atomic E-state index is 11.8. The van der Waals surface area contributed by atoms with Gasteiger partial charge in [-0.05, 0) is 46.0 Å². The van der Waals surface area contributed by atoms with Crippen LogP contribution in [0.15, 0.2) is 16.6 Å². The van der Waals surface area contributed by atoms with E-state index in [0.717, 1.165) is 15.7 Å². The van der Waals surface area contributed by atoms with E-state index in [-0.39, 0.29) is 11.3 Å². The van der Waals surface area contributed by atoms with Crippen LogP contribution < -0.4 is 11.1 Å². The van der Waals surface area contributed by atoms with Crippen molar-refractivity contribution in [2.75, 3.05) is 11.1 Å². The van der Waals surface area contributed by atoms with Crippen molar-refractivity contribution in [2.24, 2.45) is 5.41 Å². The Kier molecular flexibility index (Phi) is 4.20. The fourth-order valence-electron chi connectivity index (χ4n) is 1.46. The van der Waals surface area contributed by atoms with Crippen LogP contribution >= 0.6 is 15.9 Å². The molecule has 3 nitrogen and oxygen atoms in total. The first-order valence-corrected chi connectivity index (χ1v) is 6.34. The third kappa shape index (κ3) is 4.38. The molecule has 94 valence electrons. The highest BCUT2D eigenvalue weighted by Gasteiger charge is 2.16. The predicted molar refractivity (Wildman–Crippen MR) is 76.0 cm³/mol. The Morgan fingerprint density at radius 3 is 2.53 bits per heavy atom. The van der Waals surface area contributed by atoms with Crippen molar-refractivity contribution in [3.63, 3.8) is 0 Å². The summed E-state index contributed by atoms with van der Waals surface area (Å²) in [6, 6.07) is 3.68. The zero-order chi connectivity index (χ0) is 13.2. The van der Waals surface area contributed by atoms with Crippen LogP contribution in [0.4, 0.5) is 11.4 Å². The molecule has 0 spiro atoms. The second-order valence-corrected chi connectivity index (χ2v) is 6.33. The number of aryl methyl sites for hydroxylation is 1. The Bertz CT molecular complexity index is 436. The summed E-state index contributed by atoms with van der Waals surface area (Å²) >= 11 is 3.42. The molecule has 0 aliphatic rings. The van der Waals surface area contributed by atoms with Gasteiger partial charge in [-0.15, -0.1) is 0 Å². The van der Waals surface area contributed by atoms with E-state index in [1.54, 1.807) is 6.07 Å². The number of carbonyl (C=O) groups is 1. The molecule has 4 heteroatoms. The fraction of sp³-hybridized carbons (Fsp3) is 0.462. The number of anilines is 2. The van der Waals surface area contributed by atoms with Crippen molar-refractivity contribution < 1.29 is 4.79 Å². The van der Waals surface area contributed by atoms with Gasteiger partial charge in [0, 0.05) is 16.6 Å². The summed E-state index contributed by atoms with van der Waals surface area (Å²) in [6.45, 7) is 8.03. The van der Waals surface area contributed by atoms with Crippen molar-refractivity contribution in [3.05, 3.63) is 22.2 Å². The average molecular weight is 299 g/mol. The van der Waals surface area contributed by atoms with Gasteiger partial charge in [-0.2, -0.15) is 0 Å². The molecule has 3 N–H and O–H groups in total. The molecule has 0 fully saturated rings. The van der Waals surface area contributed by atoms with E-state index in [0.29, 0.717) is 12.1 Å². The van der Waals surface area contributed by atoms with Crippen LogP contribution in [0.5, 0.6) is 0 Å². The Morgan fingerprint density at radius 1 is 1.41 bits per heavy atom. The van der Waals surface area contributed by atoms with Gasteiger partial charge in [0.25, 0.3) is 0 Å². The van der Waals surface area contributed by atoms with Crippen LogP contribution in [0.25, 0.3) is 0 Å². The van der Waals surface area contributed by atoms with Gasteiger partial charge < -0.3 is 11.1 Å². The molecule has 1 rings (SSSR count). The number of nitrogens with two attached hydrogens (primary N) is 1. The molecule has 0 radical (unpaired) electrons. The van der Waals surface area contributed by atoms with E-state index in [9.17, 15) is 4.79 Å². The maximum Gasteiger partial charge on any atom is 0.224 e. The van der Waals surface area contributed by atoms with Crippen LogP contribution in [0.3, 0.4) is 0 Å². The largest absolute Gasteiger partial charge is 0.398 e. The van der Waals surface area contributed by atoms with E-state index in [1.165, 1.54) is 0 Å². The first-order chi connectivity index (χ1) is 7.69. The van der Waals surface area contributed by atoms with Gasteiger partial charge in [-0.25, -0.2) is 0 Å². The summed E-state index contributed by atoms with van der Waals surface area (Å²) in [7, 11) is 0. The smallest absolute Gasteiger partial charge is 0.224 e. The number of nitrogens with one attached hydrogen (secondary N) is 1. The van der Waals surface area contributed by atoms with Crippen LogP contribution in [-0.2, 0) is 4.79 Å². The second kappa shape index (κ2) is 5.08. The SMILES string of the molecule is Cc1cc(Br)c(NC(=O)CC(C)(C)C)cc1N. The number of hydrogen-bond acceptors (Lipinski definition) is 2. The lowest BCUT2D eigenvalue weighted by Crippen LogP contribution is -2.20. The van der Waals surface area contributed by atoms with Gasteiger partial charge in [0.05, 0.1) is 5.69 Å². The minimum absolute atomic E-state index is 0.00135. The van der Waals surface area contributed by atoms with Gasteiger partial charge in [0.1, 0.15) is 0 Å². The third-order valence-electron chi connectivity index (χ3n) is 2.32. The molecular weight excluding hydrogens is 280 g/mol. The zero-order valence-electron chi connectivity index (χ0n) is 10.7. The quantitative estimate of drug-likeness (QED) is 0.818. The summed E-state index contributed by atoms with van der Waals surface area (Å²) in [5, 5.41) is 2.87. The van der Waals surface area contributed by atoms with Crippen molar-refractivity contribution >= 4 is 33.2 Å². The van der Waals surface area contributed by atoms with Crippen molar-refractivity contribution in [1.29, 1.82) is 0 Å². The fourth-order valence-corrected chi connectivity index (χ4v) is 2.02. The molecule has 17 heavy (non-hydrogen) atoms. The maximum absolute atomic E-state index is 11.8. The minimum Gasteiger partial charge on any atom is -0.398 e. The third-order valence-corrected chi connectivity index (χ3v) is 2.98. The molecular formula is C13H19BrN2O. The first kappa shape index (κ1) is 14.0. The lowest BCUT2D eigenvalue weighted by Gasteiger charge is -2.18. The van der Waals surface area contributed by atoms with Gasteiger partial charge in [0.2, 0.25) is 5.91 Å². The van der Waals surface area contributed by atoms with E-state index < -0.39 is 0 Å². The molecule has 0 saturated carbocycles. The molecule has 0 aromatic heterocycles. The van der Waals surface area contributed by atoms with Crippen LogP contribution in [0, 0.1) is 12.3 Å². The first-order valence-electron chi connectivity index (χ1n) is 5.54. The van der Waals surface area contributed by atoms with E-state index in [1.807, 2.05) is 33.8 Å². The van der Waals surface area contributed by atoms with E-state index >= 15 is 0 Å². The number of amides is 1. The van der Waals surface area contributed by atoms with Gasteiger partial charge in [0.15, 0.2) is 0 Å². The van der Waals surface area contributed by atoms with Crippen molar-refractivity contribution in [1.82, 2.24) is 0 Å². The number of hydrogen-bond donors (Lipinski definition) is 2. The molecule has 0 bridgehead atoms. The van der Waals surface area contributed by atoms with Gasteiger partial charge >= 0.3 is 0 Å². The summed E-state index contributed by atoms with van der Waals surface area (Å²) in [4.78, 5) is 11.8. The molecule has 1 aromatic rings. The van der Waals surface area contributed by atoms with Crippen molar-refractivity contribution in [3.8, 4) is 0 Å². The highest BCUT2D eigenvalue weighted by Crippen LogP contribution is 2.28. The number of benzene rings is 1. The van der Waals surface area contributed by atoms with E-state index in [2.05, 4.69) is 21.2 Å². The molecule has 0 heterocycles. The Labute approximate surface area is 111 Å². The molecule has 0 aliphatic carbocycles. The zero-order valence-corrected chi connectivity index (χ0v) is 12.3. The lowest BCUT2D eigenvalue weighted by atomic mass is 9.92. The topological polar surface area (TPSA) is 55.1 Å². The molecule has 1 amide bonds. The number of nitrogen functional groups attached to an aromatic ring is 1. The van der Waals surface area contributed by atoms with Crippen LogP contribution in [0.1, 0.15) is 32.8 Å². The second-order valence-electron chi connectivity index (χ2n) is 5.47. The predicted octanol–water partition coefficient (Wildman–Crippen LogP) is 3.71.